The van der Waals surface area contributed by atoms with Crippen molar-refractivity contribution in [1.82, 2.24) is 0 Å². The highest BCUT2D eigenvalue weighted by atomic mass is 16.6. The fourth-order valence-corrected chi connectivity index (χ4v) is 8.27. The lowest BCUT2D eigenvalue weighted by Crippen LogP contribution is -2.30. The van der Waals surface area contributed by atoms with Crippen molar-refractivity contribution in [3.63, 3.8) is 0 Å². The molecular weight excluding hydrogens is 925 g/mol. The third-order valence-electron chi connectivity index (χ3n) is 12.9. The van der Waals surface area contributed by atoms with Crippen LogP contribution in [0.5, 0.6) is 0 Å². The summed E-state index contributed by atoms with van der Waals surface area (Å²) in [6.45, 7) is 6.44. The number of hydrogen-bond acceptors (Lipinski definition) is 6. The van der Waals surface area contributed by atoms with Crippen molar-refractivity contribution in [2.45, 2.75) is 284 Å². The molecule has 0 bridgehead atoms. The molecule has 0 saturated carbocycles. The van der Waals surface area contributed by atoms with Gasteiger partial charge in [-0.3, -0.25) is 14.4 Å². The number of ether oxygens (including phenoxy) is 3. The van der Waals surface area contributed by atoms with Crippen LogP contribution in [0.15, 0.2) is 122 Å². The Kier molecular flexibility index (Phi) is 58.9. The van der Waals surface area contributed by atoms with Gasteiger partial charge in [-0.25, -0.2) is 0 Å². The molecular formula is C69H114O6. The molecule has 6 heteroatoms. The van der Waals surface area contributed by atoms with Crippen LogP contribution in [-0.4, -0.2) is 37.2 Å². The lowest BCUT2D eigenvalue weighted by atomic mass is 10.1. The maximum atomic E-state index is 12.9. The Hall–Kier alpha value is -4.19. The Morgan fingerprint density at radius 1 is 0.280 bits per heavy atom. The first-order chi connectivity index (χ1) is 37.0. The quantitative estimate of drug-likeness (QED) is 0.0261. The van der Waals surface area contributed by atoms with E-state index in [4.69, 9.17) is 14.2 Å². The Labute approximate surface area is 462 Å². The van der Waals surface area contributed by atoms with Gasteiger partial charge in [-0.05, 0) is 135 Å². The molecule has 0 fully saturated rings. The Balaban J connectivity index is 4.46. The lowest BCUT2D eigenvalue weighted by Gasteiger charge is -2.18. The van der Waals surface area contributed by atoms with Gasteiger partial charge < -0.3 is 14.2 Å². The molecule has 1 atom stereocenters. The number of hydrogen-bond donors (Lipinski definition) is 0. The van der Waals surface area contributed by atoms with Crippen molar-refractivity contribution in [3.8, 4) is 0 Å². The molecule has 0 aliphatic heterocycles. The SMILES string of the molecule is CC/C=C\C/C=C\C/C=C\C/C=C\CCCCC(=O)OCC(COC(=O)CCCCCCCCCC/C=C\C/C=C\C/C=C\CCCCCCC)OC(=O)CCCCCCCC/C=C\C/C=C\C/C=C\CCCCC. The van der Waals surface area contributed by atoms with E-state index in [-0.39, 0.29) is 31.1 Å². The molecule has 0 aromatic carbocycles. The van der Waals surface area contributed by atoms with Crippen molar-refractivity contribution in [2.75, 3.05) is 13.2 Å². The van der Waals surface area contributed by atoms with Crippen LogP contribution in [0.4, 0.5) is 0 Å². The minimum atomic E-state index is -0.810. The first kappa shape index (κ1) is 70.8. The molecule has 6 nitrogen and oxygen atoms in total. The summed E-state index contributed by atoms with van der Waals surface area (Å²) in [5.74, 6) is -0.964. The number of carbonyl (C=O) groups is 3. The molecule has 0 spiro atoms. The summed E-state index contributed by atoms with van der Waals surface area (Å²) in [5.41, 5.74) is 0. The molecule has 0 aliphatic rings. The zero-order valence-electron chi connectivity index (χ0n) is 48.8. The van der Waals surface area contributed by atoms with E-state index in [2.05, 4.69) is 142 Å². The van der Waals surface area contributed by atoms with Gasteiger partial charge in [-0.15, -0.1) is 0 Å². The maximum absolute atomic E-state index is 12.9. The largest absolute Gasteiger partial charge is 0.462 e. The minimum Gasteiger partial charge on any atom is -0.462 e. The van der Waals surface area contributed by atoms with Crippen molar-refractivity contribution >= 4 is 17.9 Å². The molecule has 0 aromatic heterocycles. The normalized spacial score (nSPS) is 12.9. The van der Waals surface area contributed by atoms with E-state index in [1.165, 1.54) is 109 Å². The number of rotatable bonds is 55. The summed E-state index contributed by atoms with van der Waals surface area (Å²) in [7, 11) is 0. The first-order valence-corrected chi connectivity index (χ1v) is 31.0. The van der Waals surface area contributed by atoms with Crippen LogP contribution in [0.1, 0.15) is 278 Å². The Morgan fingerprint density at radius 2 is 0.520 bits per heavy atom. The summed E-state index contributed by atoms with van der Waals surface area (Å²) in [4.78, 5) is 38.3. The Morgan fingerprint density at radius 3 is 0.867 bits per heavy atom. The highest BCUT2D eigenvalue weighted by Gasteiger charge is 2.19. The van der Waals surface area contributed by atoms with Gasteiger partial charge in [0.05, 0.1) is 0 Å². The van der Waals surface area contributed by atoms with Crippen molar-refractivity contribution in [3.05, 3.63) is 122 Å². The summed E-state index contributed by atoms with van der Waals surface area (Å²) in [5, 5.41) is 0. The van der Waals surface area contributed by atoms with Gasteiger partial charge in [0, 0.05) is 19.3 Å². The maximum Gasteiger partial charge on any atom is 0.306 e. The van der Waals surface area contributed by atoms with Gasteiger partial charge in [0.15, 0.2) is 6.10 Å². The highest BCUT2D eigenvalue weighted by molar-refractivity contribution is 5.71. The standard InChI is InChI=1S/C69H114O6/c1-4-7-10-13-16-19-22-25-28-30-32-33-34-35-37-38-41-44-47-50-53-56-59-62-68(71)74-65-66(64-73-67(70)61-58-55-52-49-46-43-40-27-24-21-18-15-12-9-6-3)75-69(72)63-60-57-54-51-48-45-42-39-36-31-29-26-23-20-17-14-11-8-5-2/h9,12,17-18,20-22,25-27,29-30,32,34-36,39-40,46,49,66H,4-8,10-11,13-16,19,23-24,28,31,33,37-38,41-45,47-48,50-65H2,1-3H3/b12-9-,20-17-,21-18-,25-22-,29-26-,32-30-,35-34-,39-36-,40-27-,49-46-. The second-order valence-corrected chi connectivity index (χ2v) is 20.2. The van der Waals surface area contributed by atoms with Gasteiger partial charge >= 0.3 is 17.9 Å². The van der Waals surface area contributed by atoms with Crippen LogP contribution in [0.25, 0.3) is 0 Å². The molecule has 0 saturated heterocycles. The number of carbonyl (C=O) groups excluding carboxylic acids is 3. The van der Waals surface area contributed by atoms with E-state index in [1.807, 2.05) is 0 Å². The van der Waals surface area contributed by atoms with Gasteiger partial charge in [0.2, 0.25) is 0 Å². The van der Waals surface area contributed by atoms with Crippen LogP contribution in [-0.2, 0) is 28.6 Å². The highest BCUT2D eigenvalue weighted by Crippen LogP contribution is 2.14. The van der Waals surface area contributed by atoms with Crippen LogP contribution in [0, 0.1) is 0 Å². The first-order valence-electron chi connectivity index (χ1n) is 31.0. The zero-order chi connectivity index (χ0) is 54.3. The van der Waals surface area contributed by atoms with Crippen LogP contribution in [0.2, 0.25) is 0 Å². The Bertz CT molecular complexity index is 1570. The molecule has 75 heavy (non-hydrogen) atoms. The third kappa shape index (κ3) is 60.6. The third-order valence-corrected chi connectivity index (χ3v) is 12.9. The molecule has 0 amide bonds. The predicted molar refractivity (Wildman–Crippen MR) is 325 cm³/mol. The van der Waals surface area contributed by atoms with Crippen LogP contribution >= 0.6 is 0 Å². The molecule has 1 unspecified atom stereocenters. The second-order valence-electron chi connectivity index (χ2n) is 20.2. The molecule has 426 valence electrons. The molecule has 0 aromatic rings. The van der Waals surface area contributed by atoms with E-state index < -0.39 is 6.10 Å². The topological polar surface area (TPSA) is 78.9 Å². The van der Waals surface area contributed by atoms with E-state index in [0.29, 0.717) is 19.3 Å². The second kappa shape index (κ2) is 62.4. The van der Waals surface area contributed by atoms with Crippen molar-refractivity contribution in [1.29, 1.82) is 0 Å². The average Bonchev–Trinajstić information content (AvgIpc) is 3.41. The van der Waals surface area contributed by atoms with Crippen molar-refractivity contribution < 1.29 is 28.6 Å². The molecule has 0 heterocycles. The van der Waals surface area contributed by atoms with E-state index in [1.54, 1.807) is 0 Å². The predicted octanol–water partition coefficient (Wildman–Crippen LogP) is 21.2. The molecule has 0 rings (SSSR count). The summed E-state index contributed by atoms with van der Waals surface area (Å²) >= 11 is 0. The van der Waals surface area contributed by atoms with E-state index in [0.717, 1.165) is 128 Å². The van der Waals surface area contributed by atoms with Crippen LogP contribution < -0.4 is 0 Å². The number of allylic oxidation sites excluding steroid dienone is 20. The minimum absolute atomic E-state index is 0.103. The van der Waals surface area contributed by atoms with E-state index in [9.17, 15) is 14.4 Å². The molecule has 0 aliphatic carbocycles. The van der Waals surface area contributed by atoms with Crippen molar-refractivity contribution in [2.24, 2.45) is 0 Å². The van der Waals surface area contributed by atoms with E-state index >= 15 is 0 Å². The monoisotopic (exact) mass is 1040 g/mol. The smallest absolute Gasteiger partial charge is 0.306 e. The number of unbranched alkanes of at least 4 members (excludes halogenated alkanes) is 24. The molecule has 0 radical (unpaired) electrons. The lowest BCUT2D eigenvalue weighted by molar-refractivity contribution is -0.167. The fourth-order valence-electron chi connectivity index (χ4n) is 8.27. The van der Waals surface area contributed by atoms with Gasteiger partial charge in [-0.2, -0.15) is 0 Å². The van der Waals surface area contributed by atoms with Gasteiger partial charge in [-0.1, -0.05) is 245 Å². The van der Waals surface area contributed by atoms with Gasteiger partial charge in [0.25, 0.3) is 0 Å². The number of esters is 3. The average molecular weight is 1040 g/mol. The van der Waals surface area contributed by atoms with Crippen LogP contribution in [0.3, 0.4) is 0 Å². The van der Waals surface area contributed by atoms with Gasteiger partial charge in [0.1, 0.15) is 13.2 Å². The summed E-state index contributed by atoms with van der Waals surface area (Å²) in [6, 6.07) is 0. The summed E-state index contributed by atoms with van der Waals surface area (Å²) in [6.07, 6.45) is 86.2. The summed E-state index contributed by atoms with van der Waals surface area (Å²) < 4.78 is 16.9. The fraction of sp³-hybridized carbons (Fsp3) is 0.667. The molecule has 0 N–H and O–H groups in total. The zero-order valence-corrected chi connectivity index (χ0v) is 48.8.